The first-order valence-corrected chi connectivity index (χ1v) is 4.35. The maximum atomic E-state index is 9.45. The predicted molar refractivity (Wildman–Crippen MR) is 51.3 cm³/mol. The molecule has 0 aliphatic carbocycles. The average molecular weight is 248 g/mol. The summed E-state index contributed by atoms with van der Waals surface area (Å²) in [4.78, 5) is 4.46. The normalized spacial score (nSPS) is 10.1. The lowest BCUT2D eigenvalue weighted by Crippen LogP contribution is -1.99. The molecule has 0 aliphatic rings. The zero-order chi connectivity index (χ0) is 9.84. The number of phenols is 1. The van der Waals surface area contributed by atoms with Crippen LogP contribution in [0.4, 0.5) is 0 Å². The van der Waals surface area contributed by atoms with Crippen molar-refractivity contribution in [3.63, 3.8) is 0 Å². The summed E-state index contributed by atoms with van der Waals surface area (Å²) in [7, 11) is 1.48. The minimum absolute atomic E-state index is 0.0725. The van der Waals surface area contributed by atoms with Gasteiger partial charge in [-0.25, -0.2) is 5.90 Å². The highest BCUT2D eigenvalue weighted by atomic mass is 79.9. The molecule has 1 aromatic rings. The summed E-state index contributed by atoms with van der Waals surface area (Å²) in [6.45, 7) is 0.273. The highest BCUT2D eigenvalue weighted by Crippen LogP contribution is 2.35. The fraction of sp³-hybridized carbons (Fsp3) is 0.250. The SMILES string of the molecule is COc1cc(CON)cc(Br)c1O. The van der Waals surface area contributed by atoms with Gasteiger partial charge in [-0.15, -0.1) is 0 Å². The van der Waals surface area contributed by atoms with Crippen molar-refractivity contribution in [1.82, 2.24) is 0 Å². The van der Waals surface area contributed by atoms with Gasteiger partial charge in [0.05, 0.1) is 18.2 Å². The lowest BCUT2D eigenvalue weighted by molar-refractivity contribution is 0.124. The topological polar surface area (TPSA) is 64.7 Å². The molecule has 0 unspecified atom stereocenters. The lowest BCUT2D eigenvalue weighted by atomic mass is 10.2. The van der Waals surface area contributed by atoms with Gasteiger partial charge < -0.3 is 9.84 Å². The smallest absolute Gasteiger partial charge is 0.172 e. The molecule has 13 heavy (non-hydrogen) atoms. The first-order chi connectivity index (χ1) is 6.19. The van der Waals surface area contributed by atoms with Crippen LogP contribution < -0.4 is 10.6 Å². The van der Waals surface area contributed by atoms with Gasteiger partial charge in [0, 0.05) is 0 Å². The third kappa shape index (κ3) is 2.33. The number of phenolic OH excluding ortho intramolecular Hbond substituents is 1. The molecule has 5 heteroatoms. The van der Waals surface area contributed by atoms with Gasteiger partial charge in [-0.2, -0.15) is 0 Å². The van der Waals surface area contributed by atoms with Crippen LogP contribution in [0.1, 0.15) is 5.56 Å². The number of hydrogen-bond acceptors (Lipinski definition) is 4. The van der Waals surface area contributed by atoms with E-state index >= 15 is 0 Å². The minimum Gasteiger partial charge on any atom is -0.503 e. The number of rotatable bonds is 3. The standard InChI is InChI=1S/C8H10BrNO3/c1-12-7-3-5(4-13-10)2-6(9)8(7)11/h2-3,11H,4,10H2,1H3. The fourth-order valence-corrected chi connectivity index (χ4v) is 1.45. The van der Waals surface area contributed by atoms with E-state index in [0.717, 1.165) is 5.56 Å². The van der Waals surface area contributed by atoms with E-state index in [4.69, 9.17) is 10.6 Å². The van der Waals surface area contributed by atoms with Crippen molar-refractivity contribution in [2.45, 2.75) is 6.61 Å². The maximum Gasteiger partial charge on any atom is 0.172 e. The van der Waals surface area contributed by atoms with Crippen LogP contribution in [0.3, 0.4) is 0 Å². The third-order valence-electron chi connectivity index (χ3n) is 1.56. The Bertz CT molecular complexity index is 304. The van der Waals surface area contributed by atoms with E-state index in [1.807, 2.05) is 0 Å². The summed E-state index contributed by atoms with van der Waals surface area (Å²) < 4.78 is 5.49. The molecule has 0 aromatic heterocycles. The summed E-state index contributed by atoms with van der Waals surface area (Å²) in [5.74, 6) is 5.38. The summed E-state index contributed by atoms with van der Waals surface area (Å²) in [6, 6.07) is 3.37. The first kappa shape index (κ1) is 10.3. The molecule has 0 atom stereocenters. The number of methoxy groups -OCH3 is 1. The Balaban J connectivity index is 3.06. The van der Waals surface area contributed by atoms with Crippen molar-refractivity contribution >= 4 is 15.9 Å². The van der Waals surface area contributed by atoms with E-state index in [-0.39, 0.29) is 12.4 Å². The number of halogens is 1. The molecule has 1 aromatic carbocycles. The molecule has 0 heterocycles. The third-order valence-corrected chi connectivity index (χ3v) is 2.16. The van der Waals surface area contributed by atoms with E-state index in [9.17, 15) is 5.11 Å². The van der Waals surface area contributed by atoms with Crippen molar-refractivity contribution in [3.8, 4) is 11.5 Å². The van der Waals surface area contributed by atoms with E-state index in [1.165, 1.54) is 7.11 Å². The Morgan fingerprint density at radius 2 is 2.23 bits per heavy atom. The molecule has 0 spiro atoms. The highest BCUT2D eigenvalue weighted by Gasteiger charge is 2.07. The van der Waals surface area contributed by atoms with Gasteiger partial charge in [-0.05, 0) is 33.6 Å². The average Bonchev–Trinajstić information content (AvgIpc) is 2.11. The Kier molecular flexibility index (Phi) is 3.53. The number of hydrogen-bond donors (Lipinski definition) is 2. The van der Waals surface area contributed by atoms with Crippen LogP contribution in [0.25, 0.3) is 0 Å². The zero-order valence-corrected chi connectivity index (χ0v) is 8.67. The number of nitrogens with two attached hydrogens (primary N) is 1. The van der Waals surface area contributed by atoms with Gasteiger partial charge in [0.2, 0.25) is 0 Å². The van der Waals surface area contributed by atoms with Crippen LogP contribution in [0.2, 0.25) is 0 Å². The van der Waals surface area contributed by atoms with E-state index < -0.39 is 0 Å². The van der Waals surface area contributed by atoms with Crippen molar-refractivity contribution in [3.05, 3.63) is 22.2 Å². The molecular weight excluding hydrogens is 238 g/mol. The zero-order valence-electron chi connectivity index (χ0n) is 7.08. The Morgan fingerprint density at radius 1 is 1.54 bits per heavy atom. The van der Waals surface area contributed by atoms with Crippen molar-refractivity contribution in [2.75, 3.05) is 7.11 Å². The van der Waals surface area contributed by atoms with Gasteiger partial charge in [0.15, 0.2) is 11.5 Å². The number of benzene rings is 1. The van der Waals surface area contributed by atoms with Crippen LogP contribution in [0, 0.1) is 0 Å². The van der Waals surface area contributed by atoms with Gasteiger partial charge in [0.25, 0.3) is 0 Å². The van der Waals surface area contributed by atoms with E-state index in [2.05, 4.69) is 20.8 Å². The molecule has 1 rings (SSSR count). The van der Waals surface area contributed by atoms with Crippen LogP contribution in [0.15, 0.2) is 16.6 Å². The van der Waals surface area contributed by atoms with Crippen molar-refractivity contribution in [2.24, 2.45) is 5.90 Å². The Labute approximate surface area is 84.3 Å². The molecule has 4 nitrogen and oxygen atoms in total. The Morgan fingerprint density at radius 3 is 2.77 bits per heavy atom. The second-order valence-corrected chi connectivity index (χ2v) is 3.29. The van der Waals surface area contributed by atoms with Crippen molar-refractivity contribution in [1.29, 1.82) is 0 Å². The molecule has 0 saturated heterocycles. The van der Waals surface area contributed by atoms with Gasteiger partial charge >= 0.3 is 0 Å². The largest absolute Gasteiger partial charge is 0.503 e. The summed E-state index contributed by atoms with van der Waals surface area (Å²) >= 11 is 3.18. The predicted octanol–water partition coefficient (Wildman–Crippen LogP) is 1.55. The minimum atomic E-state index is 0.0725. The monoisotopic (exact) mass is 247 g/mol. The molecule has 0 saturated carbocycles. The lowest BCUT2D eigenvalue weighted by Gasteiger charge is -2.07. The van der Waals surface area contributed by atoms with Crippen LogP contribution in [0.5, 0.6) is 11.5 Å². The van der Waals surface area contributed by atoms with Crippen LogP contribution in [-0.4, -0.2) is 12.2 Å². The molecule has 0 radical (unpaired) electrons. The Hall–Kier alpha value is -0.780. The molecule has 0 aliphatic heterocycles. The van der Waals surface area contributed by atoms with E-state index in [1.54, 1.807) is 12.1 Å². The molecular formula is C8H10BrNO3. The maximum absolute atomic E-state index is 9.45. The summed E-state index contributed by atoms with van der Waals surface area (Å²) in [5.41, 5.74) is 0.823. The molecule has 0 amide bonds. The summed E-state index contributed by atoms with van der Waals surface area (Å²) in [6.07, 6.45) is 0. The van der Waals surface area contributed by atoms with Gasteiger partial charge in [0.1, 0.15) is 0 Å². The van der Waals surface area contributed by atoms with Crippen molar-refractivity contribution < 1.29 is 14.7 Å². The van der Waals surface area contributed by atoms with Gasteiger partial charge in [-0.1, -0.05) is 0 Å². The van der Waals surface area contributed by atoms with E-state index in [0.29, 0.717) is 10.2 Å². The second kappa shape index (κ2) is 4.45. The first-order valence-electron chi connectivity index (χ1n) is 3.56. The molecule has 0 bridgehead atoms. The molecule has 72 valence electrons. The highest BCUT2D eigenvalue weighted by molar-refractivity contribution is 9.10. The number of aromatic hydroxyl groups is 1. The van der Waals surface area contributed by atoms with Crippen LogP contribution >= 0.6 is 15.9 Å². The van der Waals surface area contributed by atoms with Crippen LogP contribution in [-0.2, 0) is 11.4 Å². The second-order valence-electron chi connectivity index (χ2n) is 2.44. The molecule has 0 fully saturated rings. The number of ether oxygens (including phenoxy) is 1. The quantitative estimate of drug-likeness (QED) is 0.796. The van der Waals surface area contributed by atoms with Gasteiger partial charge in [-0.3, -0.25) is 4.84 Å². The fourth-order valence-electron chi connectivity index (χ4n) is 0.962. The molecule has 3 N–H and O–H groups in total. The summed E-state index contributed by atoms with van der Waals surface area (Å²) in [5, 5.41) is 9.45.